The van der Waals surface area contributed by atoms with Crippen LogP contribution in [0.5, 0.6) is 5.75 Å². The molecule has 7 heteroatoms. The van der Waals surface area contributed by atoms with E-state index in [2.05, 4.69) is 23.7 Å². The Morgan fingerprint density at radius 2 is 1.95 bits per heavy atom. The third-order valence-electron chi connectivity index (χ3n) is 7.93. The van der Waals surface area contributed by atoms with Crippen LogP contribution in [0.15, 0.2) is 60.7 Å². The van der Waals surface area contributed by atoms with Crippen LogP contribution in [0.2, 0.25) is 0 Å². The smallest absolute Gasteiger partial charge is 0.313 e. The quantitative estimate of drug-likeness (QED) is 0.411. The molecule has 2 aromatic carbocycles. The molecule has 0 bridgehead atoms. The van der Waals surface area contributed by atoms with Crippen LogP contribution < -0.4 is 10.1 Å². The number of carbonyl (C=O) groups excluding carboxylic acids is 2. The zero-order valence-electron chi connectivity index (χ0n) is 21.5. The number of para-hydroxylation sites is 1. The summed E-state index contributed by atoms with van der Waals surface area (Å²) in [7, 11) is 0. The van der Waals surface area contributed by atoms with E-state index in [1.165, 1.54) is 0 Å². The molecule has 3 unspecified atom stereocenters. The van der Waals surface area contributed by atoms with Crippen molar-refractivity contribution < 1.29 is 23.8 Å². The lowest BCUT2D eigenvalue weighted by molar-refractivity contribution is -0.146. The number of morpholine rings is 1. The molecule has 37 heavy (non-hydrogen) atoms. The number of benzene rings is 2. The summed E-state index contributed by atoms with van der Waals surface area (Å²) < 4.78 is 17.0. The molecular weight excluding hydrogens is 468 g/mol. The lowest BCUT2D eigenvalue weighted by Gasteiger charge is -2.32. The van der Waals surface area contributed by atoms with E-state index in [1.807, 2.05) is 48.5 Å². The molecule has 2 saturated heterocycles. The topological polar surface area (TPSA) is 77.1 Å². The van der Waals surface area contributed by atoms with Gasteiger partial charge in [0, 0.05) is 36.3 Å². The van der Waals surface area contributed by atoms with Crippen molar-refractivity contribution in [3.63, 3.8) is 0 Å². The van der Waals surface area contributed by atoms with E-state index >= 15 is 0 Å². The number of hydrogen-bond acceptors (Lipinski definition) is 6. The van der Waals surface area contributed by atoms with Gasteiger partial charge in [0.2, 0.25) is 5.91 Å². The van der Waals surface area contributed by atoms with Crippen LogP contribution in [0.1, 0.15) is 30.9 Å². The number of esters is 1. The molecule has 196 valence electrons. The molecule has 1 N–H and O–H groups in total. The Labute approximate surface area is 218 Å². The molecule has 5 rings (SSSR count). The molecule has 0 aromatic heterocycles. The number of rotatable bonds is 9. The second-order valence-electron chi connectivity index (χ2n) is 10.6. The van der Waals surface area contributed by atoms with E-state index in [0.717, 1.165) is 60.9 Å². The van der Waals surface area contributed by atoms with E-state index in [4.69, 9.17) is 14.2 Å². The molecular formula is C30H36N2O5. The molecule has 3 fully saturated rings. The minimum Gasteiger partial charge on any atom is -0.492 e. The average molecular weight is 505 g/mol. The molecule has 2 aromatic rings. The molecule has 1 saturated carbocycles. The molecule has 2 heterocycles. The number of ether oxygens (including phenoxy) is 3. The highest BCUT2D eigenvalue weighted by Crippen LogP contribution is 2.52. The number of nitrogens with one attached hydrogen (secondary N) is 1. The van der Waals surface area contributed by atoms with Crippen LogP contribution in [-0.2, 0) is 31.9 Å². The van der Waals surface area contributed by atoms with Gasteiger partial charge in [0.05, 0.1) is 31.7 Å². The largest absolute Gasteiger partial charge is 0.492 e. The second kappa shape index (κ2) is 11.1. The Kier molecular flexibility index (Phi) is 7.63. The summed E-state index contributed by atoms with van der Waals surface area (Å²) in [6, 6.07) is 15.7. The fourth-order valence-electron chi connectivity index (χ4n) is 5.84. The van der Waals surface area contributed by atoms with Crippen molar-refractivity contribution in [3.05, 3.63) is 71.8 Å². The first-order chi connectivity index (χ1) is 17.9. The first-order valence-corrected chi connectivity index (χ1v) is 13.2. The maximum absolute atomic E-state index is 12.9. The first kappa shape index (κ1) is 25.5. The molecule has 0 radical (unpaired) electrons. The predicted molar refractivity (Wildman–Crippen MR) is 142 cm³/mol. The summed E-state index contributed by atoms with van der Waals surface area (Å²) >= 11 is 0. The molecule has 1 aliphatic carbocycles. The Balaban J connectivity index is 1.16. The summed E-state index contributed by atoms with van der Waals surface area (Å²) in [4.78, 5) is 27.8. The summed E-state index contributed by atoms with van der Waals surface area (Å²) in [6.45, 7) is 10.7. The van der Waals surface area contributed by atoms with Crippen molar-refractivity contribution in [2.45, 2.75) is 38.6 Å². The van der Waals surface area contributed by atoms with Gasteiger partial charge in [-0.2, -0.15) is 0 Å². The van der Waals surface area contributed by atoms with Crippen molar-refractivity contribution in [1.82, 2.24) is 4.90 Å². The highest BCUT2D eigenvalue weighted by atomic mass is 16.5. The van der Waals surface area contributed by atoms with Crippen LogP contribution in [0.4, 0.5) is 5.69 Å². The Morgan fingerprint density at radius 3 is 2.73 bits per heavy atom. The van der Waals surface area contributed by atoms with Gasteiger partial charge in [0.25, 0.3) is 0 Å². The van der Waals surface area contributed by atoms with E-state index in [-0.39, 0.29) is 30.3 Å². The third-order valence-corrected chi connectivity index (χ3v) is 7.93. The molecule has 3 atom stereocenters. The number of carbonyl (C=O) groups is 2. The Bertz CT molecular complexity index is 1140. The number of fused-ring (bicyclic) bond motifs is 1. The van der Waals surface area contributed by atoms with Crippen molar-refractivity contribution in [2.75, 3.05) is 44.8 Å². The minimum absolute atomic E-state index is 0.102. The van der Waals surface area contributed by atoms with E-state index in [1.54, 1.807) is 0 Å². The fraction of sp³-hybridized carbons (Fsp3) is 0.467. The van der Waals surface area contributed by atoms with Gasteiger partial charge in [0.1, 0.15) is 12.4 Å². The Morgan fingerprint density at radius 1 is 1.19 bits per heavy atom. The normalized spacial score (nSPS) is 24.4. The molecule has 7 nitrogen and oxygen atoms in total. The van der Waals surface area contributed by atoms with Gasteiger partial charge in [0.15, 0.2) is 0 Å². The summed E-state index contributed by atoms with van der Waals surface area (Å²) in [5.41, 5.74) is 3.30. The predicted octanol–water partition coefficient (Wildman–Crippen LogP) is 4.02. The second-order valence-corrected chi connectivity index (χ2v) is 10.6. The summed E-state index contributed by atoms with van der Waals surface area (Å²) in [6.07, 6.45) is 2.42. The van der Waals surface area contributed by atoms with Crippen molar-refractivity contribution in [2.24, 2.45) is 11.3 Å². The standard InChI is InChI=1S/C30H36N2O5/c1-21-15-25-20-37-29(34)30(25,17-21)18-23-7-9-26(10-8-23)31-28(33)16-24-5-3-4-6-27(24)36-19-22(2)32-11-13-35-14-12-32/h3-10,22,25H,1,11-20H2,2H3,(H,31,33). The summed E-state index contributed by atoms with van der Waals surface area (Å²) in [5.74, 6) is 0.749. The van der Waals surface area contributed by atoms with Gasteiger partial charge in [-0.05, 0) is 49.9 Å². The van der Waals surface area contributed by atoms with Gasteiger partial charge in [-0.25, -0.2) is 0 Å². The molecule has 0 spiro atoms. The SMILES string of the molecule is C=C1CC2COC(=O)C2(Cc2ccc(NC(=O)Cc3ccccc3OCC(C)N3CCOCC3)cc2)C1. The van der Waals surface area contributed by atoms with E-state index in [0.29, 0.717) is 26.1 Å². The van der Waals surface area contributed by atoms with Crippen LogP contribution in [-0.4, -0.2) is 62.3 Å². The average Bonchev–Trinajstić information content (AvgIpc) is 3.38. The van der Waals surface area contributed by atoms with E-state index in [9.17, 15) is 9.59 Å². The van der Waals surface area contributed by atoms with Crippen LogP contribution in [0.3, 0.4) is 0 Å². The zero-order valence-corrected chi connectivity index (χ0v) is 21.5. The van der Waals surface area contributed by atoms with Crippen LogP contribution in [0, 0.1) is 11.3 Å². The number of allylic oxidation sites excluding steroid dienone is 1. The van der Waals surface area contributed by atoms with Gasteiger partial charge in [-0.1, -0.05) is 42.5 Å². The highest BCUT2D eigenvalue weighted by Gasteiger charge is 2.55. The number of amides is 1. The maximum atomic E-state index is 12.9. The van der Waals surface area contributed by atoms with Crippen molar-refractivity contribution in [1.29, 1.82) is 0 Å². The van der Waals surface area contributed by atoms with E-state index < -0.39 is 5.41 Å². The maximum Gasteiger partial charge on any atom is 0.313 e. The lowest BCUT2D eigenvalue weighted by atomic mass is 9.75. The molecule has 1 amide bonds. The van der Waals surface area contributed by atoms with Gasteiger partial charge in [-0.3, -0.25) is 14.5 Å². The van der Waals surface area contributed by atoms with Crippen molar-refractivity contribution in [3.8, 4) is 5.75 Å². The molecule has 3 aliphatic rings. The number of cyclic esters (lactones) is 1. The van der Waals surface area contributed by atoms with Gasteiger partial charge < -0.3 is 19.5 Å². The minimum atomic E-state index is -0.481. The van der Waals surface area contributed by atoms with Crippen molar-refractivity contribution >= 4 is 17.6 Å². The number of nitrogens with zero attached hydrogens (tertiary/aromatic N) is 1. The van der Waals surface area contributed by atoms with Gasteiger partial charge >= 0.3 is 5.97 Å². The monoisotopic (exact) mass is 504 g/mol. The summed E-state index contributed by atoms with van der Waals surface area (Å²) in [5, 5.41) is 2.99. The van der Waals surface area contributed by atoms with Gasteiger partial charge in [-0.15, -0.1) is 0 Å². The third kappa shape index (κ3) is 5.73. The Hall–Kier alpha value is -3.16. The zero-order chi connectivity index (χ0) is 25.8. The first-order valence-electron chi connectivity index (χ1n) is 13.2. The van der Waals surface area contributed by atoms with Crippen LogP contribution in [0.25, 0.3) is 0 Å². The number of anilines is 1. The molecule has 2 aliphatic heterocycles. The lowest BCUT2D eigenvalue weighted by Crippen LogP contribution is -2.44. The number of hydrogen-bond donors (Lipinski definition) is 1. The fourth-order valence-corrected chi connectivity index (χ4v) is 5.84. The highest BCUT2D eigenvalue weighted by molar-refractivity contribution is 5.92. The van der Waals surface area contributed by atoms with Crippen LogP contribution >= 0.6 is 0 Å².